The highest BCUT2D eigenvalue weighted by atomic mass is 16.6. The SMILES string of the molecule is CC(=O)CCCCCC(NC(=O)OC(C)(C)C)C(=O)O. The van der Waals surface area contributed by atoms with Crippen LogP contribution in [0.15, 0.2) is 0 Å². The molecular formula is C14H25NO5. The third-order valence-corrected chi connectivity index (χ3v) is 2.51. The van der Waals surface area contributed by atoms with E-state index in [4.69, 9.17) is 9.84 Å². The molecule has 0 saturated carbocycles. The number of aliphatic carboxylic acids is 1. The Labute approximate surface area is 119 Å². The van der Waals surface area contributed by atoms with Gasteiger partial charge in [-0.2, -0.15) is 0 Å². The van der Waals surface area contributed by atoms with E-state index in [0.29, 0.717) is 19.3 Å². The van der Waals surface area contributed by atoms with Crippen LogP contribution in [0.2, 0.25) is 0 Å². The summed E-state index contributed by atoms with van der Waals surface area (Å²) < 4.78 is 5.02. The summed E-state index contributed by atoms with van der Waals surface area (Å²) in [5.41, 5.74) is -0.658. The summed E-state index contributed by atoms with van der Waals surface area (Å²) in [6, 6.07) is -0.956. The molecule has 2 N–H and O–H groups in total. The normalized spacial score (nSPS) is 12.6. The average molecular weight is 287 g/mol. The predicted octanol–water partition coefficient (Wildman–Crippen LogP) is 2.50. The van der Waals surface area contributed by atoms with E-state index in [1.54, 1.807) is 20.8 Å². The number of carbonyl (C=O) groups is 3. The van der Waals surface area contributed by atoms with Crippen molar-refractivity contribution >= 4 is 17.8 Å². The summed E-state index contributed by atoms with van der Waals surface area (Å²) in [5, 5.41) is 11.4. The van der Waals surface area contributed by atoms with E-state index in [0.717, 1.165) is 12.8 Å². The molecule has 0 aliphatic carbocycles. The molecule has 0 fully saturated rings. The van der Waals surface area contributed by atoms with Gasteiger partial charge in [-0.25, -0.2) is 9.59 Å². The van der Waals surface area contributed by atoms with E-state index in [2.05, 4.69) is 5.32 Å². The molecule has 0 aromatic carbocycles. The summed E-state index contributed by atoms with van der Waals surface area (Å²) in [6.07, 6.45) is 2.26. The Bertz CT molecular complexity index is 346. The van der Waals surface area contributed by atoms with E-state index in [1.807, 2.05) is 0 Å². The lowest BCUT2D eigenvalue weighted by molar-refractivity contribution is -0.139. The molecule has 0 bridgehead atoms. The number of rotatable bonds is 8. The molecule has 1 atom stereocenters. The molecule has 116 valence electrons. The quantitative estimate of drug-likeness (QED) is 0.669. The minimum absolute atomic E-state index is 0.131. The number of alkyl carbamates (subject to hydrolysis) is 1. The average Bonchev–Trinajstić information content (AvgIpc) is 2.23. The first-order valence-corrected chi connectivity index (χ1v) is 6.83. The Morgan fingerprint density at radius 1 is 1.15 bits per heavy atom. The van der Waals surface area contributed by atoms with Gasteiger partial charge < -0.3 is 20.0 Å². The summed E-state index contributed by atoms with van der Waals surface area (Å²) >= 11 is 0. The Morgan fingerprint density at radius 2 is 1.75 bits per heavy atom. The van der Waals surface area contributed by atoms with E-state index in [1.165, 1.54) is 6.92 Å². The third kappa shape index (κ3) is 10.3. The van der Waals surface area contributed by atoms with E-state index in [-0.39, 0.29) is 5.78 Å². The molecule has 0 aromatic rings. The highest BCUT2D eigenvalue weighted by molar-refractivity contribution is 5.80. The van der Waals surface area contributed by atoms with Crippen molar-refractivity contribution in [2.75, 3.05) is 0 Å². The molecule has 0 aromatic heterocycles. The molecule has 0 radical (unpaired) electrons. The molecule has 0 saturated heterocycles. The molecule has 0 heterocycles. The van der Waals surface area contributed by atoms with Crippen LogP contribution in [0.4, 0.5) is 4.79 Å². The van der Waals surface area contributed by atoms with Crippen LogP contribution in [-0.2, 0) is 14.3 Å². The number of Topliss-reactive ketones (excluding diaryl/α,β-unsaturated/α-hetero) is 1. The van der Waals surface area contributed by atoms with Crippen molar-refractivity contribution in [1.82, 2.24) is 5.32 Å². The summed E-state index contributed by atoms with van der Waals surface area (Å²) in [6.45, 7) is 6.67. The number of hydrogen-bond acceptors (Lipinski definition) is 4. The molecule has 0 spiro atoms. The van der Waals surface area contributed by atoms with Gasteiger partial charge in [0.2, 0.25) is 0 Å². The van der Waals surface area contributed by atoms with Crippen LogP contribution in [-0.4, -0.2) is 34.6 Å². The second-order valence-corrected chi connectivity index (χ2v) is 5.84. The number of carbonyl (C=O) groups excluding carboxylic acids is 2. The van der Waals surface area contributed by atoms with Crippen LogP contribution < -0.4 is 5.32 Å². The van der Waals surface area contributed by atoms with Gasteiger partial charge in [0.15, 0.2) is 0 Å². The van der Waals surface area contributed by atoms with Crippen LogP contribution in [0.5, 0.6) is 0 Å². The molecule has 1 amide bonds. The summed E-state index contributed by atoms with van der Waals surface area (Å²) in [7, 11) is 0. The molecule has 0 aliphatic heterocycles. The largest absolute Gasteiger partial charge is 0.480 e. The van der Waals surface area contributed by atoms with Crippen molar-refractivity contribution in [3.05, 3.63) is 0 Å². The topological polar surface area (TPSA) is 92.7 Å². The highest BCUT2D eigenvalue weighted by Gasteiger charge is 2.23. The number of nitrogens with one attached hydrogen (secondary N) is 1. The maximum Gasteiger partial charge on any atom is 0.408 e. The third-order valence-electron chi connectivity index (χ3n) is 2.51. The first kappa shape index (κ1) is 18.4. The van der Waals surface area contributed by atoms with Crippen LogP contribution >= 0.6 is 0 Å². The van der Waals surface area contributed by atoms with Crippen molar-refractivity contribution in [2.24, 2.45) is 0 Å². The van der Waals surface area contributed by atoms with E-state index in [9.17, 15) is 14.4 Å². The summed E-state index contributed by atoms with van der Waals surface area (Å²) in [4.78, 5) is 33.3. The van der Waals surface area contributed by atoms with Crippen molar-refractivity contribution in [2.45, 2.75) is 71.4 Å². The van der Waals surface area contributed by atoms with Gasteiger partial charge in [-0.1, -0.05) is 12.8 Å². The van der Waals surface area contributed by atoms with E-state index < -0.39 is 23.7 Å². The van der Waals surface area contributed by atoms with Gasteiger partial charge in [-0.05, 0) is 40.5 Å². The lowest BCUT2D eigenvalue weighted by atomic mass is 10.1. The standard InChI is InChI=1S/C14H25NO5/c1-10(16)8-6-5-7-9-11(12(17)18)15-13(19)20-14(2,3)4/h11H,5-9H2,1-4H3,(H,15,19)(H,17,18). The molecular weight excluding hydrogens is 262 g/mol. The number of ether oxygens (including phenoxy) is 1. The lowest BCUT2D eigenvalue weighted by Crippen LogP contribution is -2.43. The van der Waals surface area contributed by atoms with Crippen molar-refractivity contribution < 1.29 is 24.2 Å². The van der Waals surface area contributed by atoms with Gasteiger partial charge in [0, 0.05) is 6.42 Å². The number of hydrogen-bond donors (Lipinski definition) is 2. The van der Waals surface area contributed by atoms with Gasteiger partial charge in [0.05, 0.1) is 0 Å². The fourth-order valence-electron chi connectivity index (χ4n) is 1.61. The van der Waals surface area contributed by atoms with Gasteiger partial charge in [-0.15, -0.1) is 0 Å². The lowest BCUT2D eigenvalue weighted by Gasteiger charge is -2.22. The highest BCUT2D eigenvalue weighted by Crippen LogP contribution is 2.09. The predicted molar refractivity (Wildman–Crippen MR) is 74.6 cm³/mol. The second-order valence-electron chi connectivity index (χ2n) is 5.84. The minimum Gasteiger partial charge on any atom is -0.480 e. The Kier molecular flexibility index (Phi) is 7.87. The maximum absolute atomic E-state index is 11.5. The molecule has 0 rings (SSSR count). The second kappa shape index (κ2) is 8.55. The van der Waals surface area contributed by atoms with Gasteiger partial charge >= 0.3 is 12.1 Å². The number of ketones is 1. The molecule has 6 nitrogen and oxygen atoms in total. The monoisotopic (exact) mass is 287 g/mol. The minimum atomic E-state index is -1.08. The summed E-state index contributed by atoms with van der Waals surface area (Å²) in [5.74, 6) is -0.950. The first-order valence-electron chi connectivity index (χ1n) is 6.83. The van der Waals surface area contributed by atoms with Crippen molar-refractivity contribution in [3.63, 3.8) is 0 Å². The van der Waals surface area contributed by atoms with Gasteiger partial charge in [-0.3, -0.25) is 0 Å². The Morgan fingerprint density at radius 3 is 2.20 bits per heavy atom. The number of carboxylic acids is 1. The zero-order valence-electron chi connectivity index (χ0n) is 12.7. The Balaban J connectivity index is 4.08. The smallest absolute Gasteiger partial charge is 0.408 e. The first-order chi connectivity index (χ1) is 9.11. The molecule has 6 heteroatoms. The number of unbranched alkanes of at least 4 members (excludes halogenated alkanes) is 2. The molecule has 20 heavy (non-hydrogen) atoms. The Hall–Kier alpha value is -1.59. The van der Waals surface area contributed by atoms with Crippen LogP contribution in [0, 0.1) is 0 Å². The van der Waals surface area contributed by atoms with Crippen LogP contribution in [0.25, 0.3) is 0 Å². The molecule has 0 aliphatic rings. The van der Waals surface area contributed by atoms with Gasteiger partial charge in [0.25, 0.3) is 0 Å². The van der Waals surface area contributed by atoms with Crippen LogP contribution in [0.1, 0.15) is 59.8 Å². The number of amides is 1. The maximum atomic E-state index is 11.5. The van der Waals surface area contributed by atoms with Crippen molar-refractivity contribution in [3.8, 4) is 0 Å². The molecule has 1 unspecified atom stereocenters. The fraction of sp³-hybridized carbons (Fsp3) is 0.786. The van der Waals surface area contributed by atoms with Gasteiger partial charge in [0.1, 0.15) is 17.4 Å². The van der Waals surface area contributed by atoms with Crippen molar-refractivity contribution in [1.29, 1.82) is 0 Å². The fourth-order valence-corrected chi connectivity index (χ4v) is 1.61. The zero-order chi connectivity index (χ0) is 15.8. The zero-order valence-corrected chi connectivity index (χ0v) is 12.7. The van der Waals surface area contributed by atoms with Crippen LogP contribution in [0.3, 0.4) is 0 Å². The van der Waals surface area contributed by atoms with E-state index >= 15 is 0 Å². The number of carboxylic acid groups (broad SMARTS) is 1.